The molecule has 1 fully saturated rings. The van der Waals surface area contributed by atoms with Gasteiger partial charge in [0.15, 0.2) is 0 Å². The molecule has 3 aromatic carbocycles. The Kier molecular flexibility index (Phi) is 7.25. The summed E-state index contributed by atoms with van der Waals surface area (Å²) in [4.78, 5) is 38.1. The van der Waals surface area contributed by atoms with Crippen LogP contribution in [0.5, 0.6) is 0 Å². The molecule has 0 spiro atoms. The number of benzene rings is 3. The number of anilines is 3. The Labute approximate surface area is 203 Å². The van der Waals surface area contributed by atoms with Crippen LogP contribution in [0.25, 0.3) is 0 Å². The van der Waals surface area contributed by atoms with Gasteiger partial charge in [-0.2, -0.15) is 0 Å². The molecule has 0 aromatic heterocycles. The number of carbonyl (C=O) groups excluding carboxylic acids is 2. The molecule has 180 valence electrons. The first-order chi connectivity index (χ1) is 16.9. The summed E-state index contributed by atoms with van der Waals surface area (Å²) in [7, 11) is 0. The van der Waals surface area contributed by atoms with Gasteiger partial charge in [-0.05, 0) is 61.7 Å². The number of urea groups is 1. The highest BCUT2D eigenvalue weighted by Gasteiger charge is 2.24. The normalized spacial score (nSPS) is 13.7. The zero-order valence-electron chi connectivity index (χ0n) is 19.4. The number of amides is 3. The third kappa shape index (κ3) is 5.94. The number of para-hydroxylation sites is 1. The van der Waals surface area contributed by atoms with Crippen LogP contribution in [0.15, 0.2) is 72.8 Å². The molecule has 9 heteroatoms. The quantitative estimate of drug-likeness (QED) is 0.317. The molecule has 4 rings (SSSR count). The van der Waals surface area contributed by atoms with Crippen LogP contribution in [0.2, 0.25) is 0 Å². The van der Waals surface area contributed by atoms with Crippen molar-refractivity contribution in [3.05, 3.63) is 94.0 Å². The van der Waals surface area contributed by atoms with Crippen molar-refractivity contribution in [1.29, 1.82) is 0 Å². The zero-order chi connectivity index (χ0) is 24.8. The first-order valence-electron chi connectivity index (χ1n) is 11.5. The van der Waals surface area contributed by atoms with E-state index in [1.165, 1.54) is 6.07 Å². The molecule has 1 aliphatic rings. The third-order valence-electron chi connectivity index (χ3n) is 5.93. The number of nitro benzene ring substituents is 1. The lowest BCUT2D eigenvalue weighted by molar-refractivity contribution is -0.384. The Balaban J connectivity index is 1.38. The Morgan fingerprint density at radius 2 is 1.54 bits per heavy atom. The predicted octanol–water partition coefficient (Wildman–Crippen LogP) is 5.33. The number of nitrogens with one attached hydrogen (secondary N) is 3. The monoisotopic (exact) mass is 473 g/mol. The molecule has 1 unspecified atom stereocenters. The van der Waals surface area contributed by atoms with Crippen molar-refractivity contribution in [1.82, 2.24) is 5.32 Å². The van der Waals surface area contributed by atoms with E-state index in [1.54, 1.807) is 36.4 Å². The van der Waals surface area contributed by atoms with Crippen LogP contribution in [-0.4, -0.2) is 30.0 Å². The molecule has 1 atom stereocenters. The highest BCUT2D eigenvalue weighted by Crippen LogP contribution is 2.32. The predicted molar refractivity (Wildman–Crippen MR) is 136 cm³/mol. The van der Waals surface area contributed by atoms with Gasteiger partial charge < -0.3 is 20.9 Å². The second-order valence-electron chi connectivity index (χ2n) is 8.42. The number of carbonyl (C=O) groups is 2. The van der Waals surface area contributed by atoms with Crippen molar-refractivity contribution in [2.75, 3.05) is 28.6 Å². The topological polar surface area (TPSA) is 117 Å². The zero-order valence-corrected chi connectivity index (χ0v) is 19.4. The molecular formula is C26H27N5O4. The van der Waals surface area contributed by atoms with E-state index in [9.17, 15) is 19.7 Å². The summed E-state index contributed by atoms with van der Waals surface area (Å²) in [6.45, 7) is 3.39. The van der Waals surface area contributed by atoms with E-state index in [4.69, 9.17) is 0 Å². The van der Waals surface area contributed by atoms with Crippen molar-refractivity contribution < 1.29 is 14.5 Å². The lowest BCUT2D eigenvalue weighted by Crippen LogP contribution is -2.27. The molecule has 0 saturated carbocycles. The molecule has 1 saturated heterocycles. The van der Waals surface area contributed by atoms with Crippen LogP contribution in [-0.2, 0) is 0 Å². The maximum atomic E-state index is 12.8. The second kappa shape index (κ2) is 10.7. The average molecular weight is 474 g/mol. The number of hydrogen-bond acceptors (Lipinski definition) is 5. The van der Waals surface area contributed by atoms with Crippen LogP contribution < -0.4 is 20.9 Å². The fourth-order valence-electron chi connectivity index (χ4n) is 4.07. The van der Waals surface area contributed by atoms with Gasteiger partial charge in [0.25, 0.3) is 11.6 Å². The number of rotatable bonds is 7. The van der Waals surface area contributed by atoms with Gasteiger partial charge in [-0.1, -0.05) is 30.3 Å². The second-order valence-corrected chi connectivity index (χ2v) is 8.42. The van der Waals surface area contributed by atoms with Crippen LogP contribution >= 0.6 is 0 Å². The number of nitro groups is 1. The van der Waals surface area contributed by atoms with E-state index in [-0.39, 0.29) is 23.3 Å². The first kappa shape index (κ1) is 23.7. The minimum absolute atomic E-state index is 0.0589. The Morgan fingerprint density at radius 1 is 0.914 bits per heavy atom. The summed E-state index contributed by atoms with van der Waals surface area (Å²) in [6, 6.07) is 20.2. The van der Waals surface area contributed by atoms with Gasteiger partial charge in [0.05, 0.1) is 11.0 Å². The summed E-state index contributed by atoms with van der Waals surface area (Å²) in [5.41, 5.74) is 2.85. The molecule has 3 amide bonds. The SMILES string of the molecule is CC(NC(=O)c1ccc(N2CCCC2)c([N+](=O)[O-])c1)c1ccc(NC(=O)Nc2ccccc2)cc1. The fourth-order valence-corrected chi connectivity index (χ4v) is 4.07. The number of nitrogens with zero attached hydrogens (tertiary/aromatic N) is 2. The highest BCUT2D eigenvalue weighted by atomic mass is 16.6. The molecule has 0 radical (unpaired) electrons. The molecule has 35 heavy (non-hydrogen) atoms. The van der Waals surface area contributed by atoms with Crippen molar-refractivity contribution in [3.8, 4) is 0 Å². The number of hydrogen-bond donors (Lipinski definition) is 3. The lowest BCUT2D eigenvalue weighted by atomic mass is 10.1. The van der Waals surface area contributed by atoms with Gasteiger partial charge in [-0.15, -0.1) is 0 Å². The molecule has 3 N–H and O–H groups in total. The Bertz CT molecular complexity index is 1210. The molecule has 0 aliphatic carbocycles. The van der Waals surface area contributed by atoms with Crippen molar-refractivity contribution in [2.24, 2.45) is 0 Å². The Hall–Kier alpha value is -4.40. The van der Waals surface area contributed by atoms with Gasteiger partial charge in [0, 0.05) is 36.1 Å². The summed E-state index contributed by atoms with van der Waals surface area (Å²) in [6.07, 6.45) is 2.01. The van der Waals surface area contributed by atoms with Gasteiger partial charge >= 0.3 is 6.03 Å². The molecule has 0 bridgehead atoms. The standard InChI is InChI=1S/C26H27N5O4/c1-18(19-9-12-22(13-10-19)29-26(33)28-21-7-3-2-4-8-21)27-25(32)20-11-14-23(24(17-20)31(34)35)30-15-5-6-16-30/h2-4,7-14,17-18H,5-6,15-16H2,1H3,(H,27,32)(H2,28,29,33). The van der Waals surface area contributed by atoms with Crippen molar-refractivity contribution in [2.45, 2.75) is 25.8 Å². The van der Waals surface area contributed by atoms with Crippen molar-refractivity contribution in [3.63, 3.8) is 0 Å². The first-order valence-corrected chi connectivity index (χ1v) is 11.5. The smallest absolute Gasteiger partial charge is 0.323 e. The minimum Gasteiger partial charge on any atom is -0.366 e. The molecule has 1 heterocycles. The van der Waals surface area contributed by atoms with Gasteiger partial charge in [-0.3, -0.25) is 14.9 Å². The van der Waals surface area contributed by atoms with E-state index in [2.05, 4.69) is 16.0 Å². The largest absolute Gasteiger partial charge is 0.366 e. The third-order valence-corrected chi connectivity index (χ3v) is 5.93. The van der Waals surface area contributed by atoms with E-state index in [1.807, 2.05) is 42.2 Å². The maximum Gasteiger partial charge on any atom is 0.323 e. The minimum atomic E-state index is -0.437. The highest BCUT2D eigenvalue weighted by molar-refractivity contribution is 5.99. The van der Waals surface area contributed by atoms with Gasteiger partial charge in [0.2, 0.25) is 0 Å². The molecule has 3 aromatic rings. The van der Waals surface area contributed by atoms with Crippen LogP contribution in [0.3, 0.4) is 0 Å². The van der Waals surface area contributed by atoms with E-state index in [0.717, 1.165) is 31.5 Å². The molecular weight excluding hydrogens is 446 g/mol. The summed E-state index contributed by atoms with van der Waals surface area (Å²) in [5.74, 6) is -0.391. The maximum absolute atomic E-state index is 12.8. The van der Waals surface area contributed by atoms with Gasteiger partial charge in [-0.25, -0.2) is 4.79 Å². The van der Waals surface area contributed by atoms with E-state index >= 15 is 0 Å². The Morgan fingerprint density at radius 3 is 2.17 bits per heavy atom. The van der Waals surface area contributed by atoms with Crippen molar-refractivity contribution >= 4 is 34.7 Å². The molecule has 1 aliphatic heterocycles. The molecule has 9 nitrogen and oxygen atoms in total. The van der Waals surface area contributed by atoms with Crippen LogP contribution in [0.4, 0.5) is 27.5 Å². The summed E-state index contributed by atoms with van der Waals surface area (Å²) in [5, 5.41) is 20.0. The average Bonchev–Trinajstić information content (AvgIpc) is 3.39. The van der Waals surface area contributed by atoms with E-state index < -0.39 is 10.8 Å². The van der Waals surface area contributed by atoms with Gasteiger partial charge in [0.1, 0.15) is 5.69 Å². The van der Waals surface area contributed by atoms with Crippen LogP contribution in [0.1, 0.15) is 41.7 Å². The summed E-state index contributed by atoms with van der Waals surface area (Å²) < 4.78 is 0. The lowest BCUT2D eigenvalue weighted by Gasteiger charge is -2.18. The summed E-state index contributed by atoms with van der Waals surface area (Å²) >= 11 is 0. The van der Waals surface area contributed by atoms with E-state index in [0.29, 0.717) is 17.1 Å². The van der Waals surface area contributed by atoms with Crippen LogP contribution in [0, 0.1) is 10.1 Å². The fraction of sp³-hybridized carbons (Fsp3) is 0.231.